The summed E-state index contributed by atoms with van der Waals surface area (Å²) in [5.41, 5.74) is -12.4. The van der Waals surface area contributed by atoms with E-state index >= 15 is 0 Å². The van der Waals surface area contributed by atoms with Crippen molar-refractivity contribution in [1.82, 2.24) is 0 Å². The van der Waals surface area contributed by atoms with Gasteiger partial charge >= 0.3 is 11.0 Å². The molecule has 4 nitrogen and oxygen atoms in total. The van der Waals surface area contributed by atoms with Gasteiger partial charge in [-0.3, -0.25) is 0 Å². The highest BCUT2D eigenvalue weighted by molar-refractivity contribution is 8.09. The predicted molar refractivity (Wildman–Crippen MR) is 128 cm³/mol. The Morgan fingerprint density at radius 2 is 0.833 bits per heavy atom. The molecule has 0 aliphatic rings. The average Bonchev–Trinajstić information content (AvgIpc) is 2.82. The molecule has 0 unspecified atom stereocenters. The zero-order valence-electron chi connectivity index (χ0n) is 18.3. The fourth-order valence-corrected chi connectivity index (χ4v) is 12.1. The Morgan fingerprint density at radius 1 is 0.556 bits per heavy atom. The zero-order chi connectivity index (χ0) is 26.8. The third-order valence-electron chi connectivity index (χ3n) is 5.63. The molecule has 3 aromatic carbocycles. The summed E-state index contributed by atoms with van der Waals surface area (Å²) in [4.78, 5) is 0. The molecule has 36 heavy (non-hydrogen) atoms. The average molecular weight is 570 g/mol. The molecular formula is C23H20F6O4PS2+. The van der Waals surface area contributed by atoms with Crippen LogP contribution in [-0.4, -0.2) is 38.6 Å². The second-order valence-electron chi connectivity index (χ2n) is 7.74. The van der Waals surface area contributed by atoms with Crippen LogP contribution in [0.25, 0.3) is 0 Å². The van der Waals surface area contributed by atoms with Crippen molar-refractivity contribution in [2.45, 2.75) is 22.0 Å². The Balaban J connectivity index is 2.29. The number of benzene rings is 3. The molecule has 0 radical (unpaired) electrons. The van der Waals surface area contributed by atoms with E-state index in [4.69, 9.17) is 0 Å². The molecule has 13 heteroatoms. The quantitative estimate of drug-likeness (QED) is 0.295. The van der Waals surface area contributed by atoms with Gasteiger partial charge in [-0.15, -0.1) is 0 Å². The smallest absolute Gasteiger partial charge is 0.218 e. The third-order valence-corrected chi connectivity index (χ3v) is 14.8. The van der Waals surface area contributed by atoms with Gasteiger partial charge in [-0.25, -0.2) is 16.8 Å². The van der Waals surface area contributed by atoms with Crippen LogP contribution in [0.2, 0.25) is 0 Å². The lowest BCUT2D eigenvalue weighted by Crippen LogP contribution is -2.46. The standard InChI is InChI=1S/C23H20F6O4PS2/c24-22(25,26)35(30,31)21(36(32,33)23(27,28)29)16-17-34(18-10-4-1-5-11-18,19-12-6-2-7-13-19)20-14-8-3-9-15-20/h1-15,21H,16-17H2/q+1. The van der Waals surface area contributed by atoms with Crippen molar-refractivity contribution in [2.75, 3.05) is 6.16 Å². The zero-order valence-corrected chi connectivity index (χ0v) is 20.8. The number of alkyl halides is 6. The van der Waals surface area contributed by atoms with Gasteiger partial charge in [-0.05, 0) is 36.4 Å². The first kappa shape index (κ1) is 28.1. The van der Waals surface area contributed by atoms with Crippen LogP contribution in [0.5, 0.6) is 0 Å². The lowest BCUT2D eigenvalue weighted by Gasteiger charge is -2.29. The molecule has 0 bridgehead atoms. The highest BCUT2D eigenvalue weighted by Crippen LogP contribution is 2.56. The van der Waals surface area contributed by atoms with Crippen LogP contribution < -0.4 is 15.9 Å². The van der Waals surface area contributed by atoms with Crippen LogP contribution in [0.4, 0.5) is 26.3 Å². The van der Waals surface area contributed by atoms with Gasteiger partial charge in [0.1, 0.15) is 23.2 Å². The fraction of sp³-hybridized carbons (Fsp3) is 0.217. The van der Waals surface area contributed by atoms with Gasteiger partial charge in [0.2, 0.25) is 0 Å². The first-order valence-electron chi connectivity index (χ1n) is 10.3. The van der Waals surface area contributed by atoms with Crippen molar-refractivity contribution in [2.24, 2.45) is 0 Å². The van der Waals surface area contributed by atoms with Crippen LogP contribution in [0.3, 0.4) is 0 Å². The molecule has 0 saturated heterocycles. The monoisotopic (exact) mass is 569 g/mol. The van der Waals surface area contributed by atoms with Crippen molar-refractivity contribution >= 4 is 42.9 Å². The van der Waals surface area contributed by atoms with E-state index in [-0.39, 0.29) is 0 Å². The Kier molecular flexibility index (Phi) is 7.93. The van der Waals surface area contributed by atoms with Crippen molar-refractivity contribution in [1.29, 1.82) is 0 Å². The lowest BCUT2D eigenvalue weighted by atomic mass is 10.4. The Hall–Kier alpha value is -2.43. The molecule has 3 rings (SSSR count). The second-order valence-corrected chi connectivity index (χ2v) is 15.9. The first-order chi connectivity index (χ1) is 16.7. The molecule has 0 aliphatic heterocycles. The highest BCUT2D eigenvalue weighted by Gasteiger charge is 2.63. The van der Waals surface area contributed by atoms with E-state index < -0.39 is 55.1 Å². The third kappa shape index (κ3) is 5.17. The maximum Gasteiger partial charge on any atom is 0.498 e. The molecule has 0 saturated carbocycles. The van der Waals surface area contributed by atoms with Gasteiger partial charge in [0.15, 0.2) is 4.58 Å². The molecule has 0 amide bonds. The van der Waals surface area contributed by atoms with Crippen LogP contribution in [0, 0.1) is 0 Å². The van der Waals surface area contributed by atoms with Gasteiger partial charge in [-0.2, -0.15) is 26.3 Å². The van der Waals surface area contributed by atoms with E-state index in [2.05, 4.69) is 0 Å². The van der Waals surface area contributed by atoms with Gasteiger partial charge in [0.25, 0.3) is 19.7 Å². The van der Waals surface area contributed by atoms with E-state index in [1.165, 1.54) is 0 Å². The van der Waals surface area contributed by atoms with E-state index in [0.29, 0.717) is 15.9 Å². The van der Waals surface area contributed by atoms with Gasteiger partial charge in [0.05, 0.1) is 6.16 Å². The minimum absolute atomic E-state index is 0.537. The summed E-state index contributed by atoms with van der Waals surface area (Å²) >= 11 is 0. The van der Waals surface area contributed by atoms with Crippen LogP contribution in [-0.2, 0) is 19.7 Å². The van der Waals surface area contributed by atoms with Gasteiger partial charge < -0.3 is 0 Å². The van der Waals surface area contributed by atoms with E-state index in [9.17, 15) is 43.2 Å². The second kappa shape index (κ2) is 10.1. The topological polar surface area (TPSA) is 68.3 Å². The number of rotatable bonds is 8. The minimum Gasteiger partial charge on any atom is -0.218 e. The minimum atomic E-state index is -6.74. The largest absolute Gasteiger partial charge is 0.498 e. The van der Waals surface area contributed by atoms with Gasteiger partial charge in [-0.1, -0.05) is 54.6 Å². The fourth-order valence-electron chi connectivity index (χ4n) is 3.96. The highest BCUT2D eigenvalue weighted by atomic mass is 32.3. The van der Waals surface area contributed by atoms with Crippen LogP contribution >= 0.6 is 7.26 Å². The first-order valence-corrected chi connectivity index (χ1v) is 15.4. The molecule has 0 spiro atoms. The summed E-state index contributed by atoms with van der Waals surface area (Å²) in [6.45, 7) is 0. The molecule has 0 fully saturated rings. The molecule has 3 aromatic rings. The summed E-state index contributed by atoms with van der Waals surface area (Å²) in [5, 5.41) is 1.61. The van der Waals surface area contributed by atoms with E-state index in [0.717, 1.165) is 0 Å². The maximum absolute atomic E-state index is 13.4. The lowest BCUT2D eigenvalue weighted by molar-refractivity contribution is -0.0471. The molecular weight excluding hydrogens is 549 g/mol. The summed E-state index contributed by atoms with van der Waals surface area (Å²) < 4.78 is 125. The van der Waals surface area contributed by atoms with Crippen molar-refractivity contribution in [3.8, 4) is 0 Å². The number of halogens is 6. The van der Waals surface area contributed by atoms with Crippen LogP contribution in [0.1, 0.15) is 6.42 Å². The Morgan fingerprint density at radius 3 is 1.08 bits per heavy atom. The molecule has 0 aromatic heterocycles. The van der Waals surface area contributed by atoms with Crippen LogP contribution in [0.15, 0.2) is 91.0 Å². The van der Waals surface area contributed by atoms with Crippen molar-refractivity contribution < 1.29 is 43.2 Å². The number of hydrogen-bond donors (Lipinski definition) is 0. The summed E-state index contributed by atoms with van der Waals surface area (Å²) in [6.07, 6.45) is -2.00. The summed E-state index contributed by atoms with van der Waals surface area (Å²) in [5.74, 6) is 0. The van der Waals surface area contributed by atoms with E-state index in [1.807, 2.05) is 0 Å². The number of hydrogen-bond acceptors (Lipinski definition) is 4. The molecule has 0 heterocycles. The SMILES string of the molecule is O=S(=O)(C(CC[P+](c1ccccc1)(c1ccccc1)c1ccccc1)S(=O)(=O)C(F)(F)F)C(F)(F)F. The predicted octanol–water partition coefficient (Wildman–Crippen LogP) is 4.57. The Bertz CT molecular complexity index is 1240. The van der Waals surface area contributed by atoms with Gasteiger partial charge in [0, 0.05) is 6.42 Å². The van der Waals surface area contributed by atoms with Crippen molar-refractivity contribution in [3.05, 3.63) is 91.0 Å². The summed E-state index contributed by atoms with van der Waals surface area (Å²) in [7, 11) is -16.6. The van der Waals surface area contributed by atoms with E-state index in [1.54, 1.807) is 91.0 Å². The maximum atomic E-state index is 13.4. The molecule has 0 N–H and O–H groups in total. The Labute approximate surface area is 205 Å². The molecule has 0 aliphatic carbocycles. The van der Waals surface area contributed by atoms with Crippen molar-refractivity contribution in [3.63, 3.8) is 0 Å². The summed E-state index contributed by atoms with van der Waals surface area (Å²) in [6, 6.07) is 24.6. The molecule has 194 valence electrons. The molecule has 0 atom stereocenters. The normalized spacial score (nSPS) is 13.6. The number of sulfone groups is 2.